The van der Waals surface area contributed by atoms with Gasteiger partial charge in [0.15, 0.2) is 23.0 Å². The van der Waals surface area contributed by atoms with Gasteiger partial charge in [0.05, 0.1) is 12.6 Å². The average Bonchev–Trinajstić information content (AvgIpc) is 3.52. The predicted octanol–water partition coefficient (Wildman–Crippen LogP) is 3.70. The fraction of sp³-hybridized carbons (Fsp3) is 0.542. The molecule has 37 heavy (non-hydrogen) atoms. The van der Waals surface area contributed by atoms with Crippen LogP contribution < -0.4 is 20.5 Å². The highest BCUT2D eigenvalue weighted by molar-refractivity contribution is 5.94. The Labute approximate surface area is 219 Å². The predicted molar refractivity (Wildman–Crippen MR) is 133 cm³/mol. The van der Waals surface area contributed by atoms with Gasteiger partial charge in [-0.1, -0.05) is 0 Å². The fourth-order valence-electron chi connectivity index (χ4n) is 3.64. The molecule has 1 aliphatic carbocycles. The molecule has 4 N–H and O–H groups in total. The molecule has 13 heteroatoms. The molecule has 2 heterocycles. The number of halogens is 3. The molecule has 0 radical (unpaired) electrons. The summed E-state index contributed by atoms with van der Waals surface area (Å²) in [6, 6.07) is 3.92. The average molecular weight is 547 g/mol. The second-order valence-corrected chi connectivity index (χ2v) is 8.89. The number of rotatable bonds is 8. The van der Waals surface area contributed by atoms with Crippen molar-refractivity contribution < 1.29 is 37.4 Å². The van der Waals surface area contributed by atoms with Crippen LogP contribution in [0.3, 0.4) is 0 Å². The summed E-state index contributed by atoms with van der Waals surface area (Å²) >= 11 is 0. The minimum atomic E-state index is -2.97. The zero-order chi connectivity index (χ0) is 26.4. The van der Waals surface area contributed by atoms with Crippen LogP contribution in [0.2, 0.25) is 0 Å². The largest absolute Gasteiger partial charge is 0.489 e. The SMILES string of the molecule is CC(=O)O.CC(N)c1oc(-c2ccc(OC(F)F)c(OCC3CC3)c2)nc1C(=O)N1CCNCC1C.Cl. The van der Waals surface area contributed by atoms with Gasteiger partial charge in [0, 0.05) is 38.2 Å². The lowest BCUT2D eigenvalue weighted by Gasteiger charge is -2.33. The summed E-state index contributed by atoms with van der Waals surface area (Å²) < 4.78 is 41.8. The first kappa shape index (κ1) is 30.3. The van der Waals surface area contributed by atoms with E-state index in [4.69, 9.17) is 24.8 Å². The minimum absolute atomic E-state index is 0. The summed E-state index contributed by atoms with van der Waals surface area (Å²) in [5.74, 6) is -0.0838. The number of nitrogens with zero attached hydrogens (tertiary/aromatic N) is 2. The Balaban J connectivity index is 0.000000898. The Kier molecular flexibility index (Phi) is 11.1. The lowest BCUT2D eigenvalue weighted by Crippen LogP contribution is -2.52. The summed E-state index contributed by atoms with van der Waals surface area (Å²) in [5, 5.41) is 10.7. The molecule has 1 saturated carbocycles. The van der Waals surface area contributed by atoms with E-state index in [1.54, 1.807) is 24.0 Å². The summed E-state index contributed by atoms with van der Waals surface area (Å²) in [7, 11) is 0. The van der Waals surface area contributed by atoms with E-state index >= 15 is 0 Å². The van der Waals surface area contributed by atoms with Crippen molar-refractivity contribution in [2.75, 3.05) is 26.2 Å². The second kappa shape index (κ2) is 13.5. The van der Waals surface area contributed by atoms with Gasteiger partial charge in [-0.3, -0.25) is 9.59 Å². The van der Waals surface area contributed by atoms with Crippen molar-refractivity contribution in [2.24, 2.45) is 11.7 Å². The molecule has 10 nitrogen and oxygen atoms in total. The van der Waals surface area contributed by atoms with E-state index in [-0.39, 0.29) is 53.2 Å². The number of oxazole rings is 1. The van der Waals surface area contributed by atoms with Crippen LogP contribution in [0, 0.1) is 5.92 Å². The lowest BCUT2D eigenvalue weighted by atomic mass is 10.1. The van der Waals surface area contributed by atoms with Gasteiger partial charge in [-0.2, -0.15) is 8.78 Å². The van der Waals surface area contributed by atoms with Crippen LogP contribution in [0.1, 0.15) is 55.9 Å². The lowest BCUT2D eigenvalue weighted by molar-refractivity contribution is -0.134. The number of amides is 1. The molecule has 2 atom stereocenters. The van der Waals surface area contributed by atoms with Crippen molar-refractivity contribution in [1.82, 2.24) is 15.2 Å². The molecule has 2 aromatic rings. The van der Waals surface area contributed by atoms with E-state index in [2.05, 4.69) is 15.0 Å². The monoisotopic (exact) mass is 546 g/mol. The molecule has 1 aromatic heterocycles. The number of hydrogen-bond donors (Lipinski definition) is 3. The maximum Gasteiger partial charge on any atom is 0.387 e. The molecule has 2 unspecified atom stereocenters. The number of nitrogens with two attached hydrogens (primary N) is 1. The Bertz CT molecular complexity index is 1060. The van der Waals surface area contributed by atoms with Crippen LogP contribution in [0.4, 0.5) is 8.78 Å². The van der Waals surface area contributed by atoms with Gasteiger partial charge in [-0.25, -0.2) is 4.98 Å². The zero-order valence-electron chi connectivity index (χ0n) is 20.9. The van der Waals surface area contributed by atoms with Gasteiger partial charge < -0.3 is 34.9 Å². The van der Waals surface area contributed by atoms with Crippen LogP contribution >= 0.6 is 12.4 Å². The highest BCUT2D eigenvalue weighted by atomic mass is 35.5. The van der Waals surface area contributed by atoms with Crippen molar-refractivity contribution in [1.29, 1.82) is 0 Å². The number of aromatic nitrogens is 1. The molecule has 0 spiro atoms. The number of carboxylic acids is 1. The van der Waals surface area contributed by atoms with Crippen molar-refractivity contribution in [3.8, 4) is 23.0 Å². The fourth-order valence-corrected chi connectivity index (χ4v) is 3.64. The van der Waals surface area contributed by atoms with Gasteiger partial charge in [0.1, 0.15) is 0 Å². The molecular weight excluding hydrogens is 514 g/mol. The Hall–Kier alpha value is -2.96. The molecule has 2 aliphatic rings. The van der Waals surface area contributed by atoms with Crippen LogP contribution in [-0.4, -0.2) is 65.8 Å². The number of alkyl halides is 2. The number of hydrogen-bond acceptors (Lipinski definition) is 8. The third kappa shape index (κ3) is 8.54. The highest BCUT2D eigenvalue weighted by Gasteiger charge is 2.31. The van der Waals surface area contributed by atoms with Crippen molar-refractivity contribution in [3.05, 3.63) is 29.7 Å². The molecule has 0 bridgehead atoms. The van der Waals surface area contributed by atoms with Crippen LogP contribution in [0.5, 0.6) is 11.5 Å². The van der Waals surface area contributed by atoms with Crippen molar-refractivity contribution in [3.63, 3.8) is 0 Å². The van der Waals surface area contributed by atoms with E-state index in [1.807, 2.05) is 6.92 Å². The summed E-state index contributed by atoms with van der Waals surface area (Å²) in [6.07, 6.45) is 2.11. The number of aliphatic carboxylic acids is 1. The van der Waals surface area contributed by atoms with E-state index < -0.39 is 18.6 Å². The smallest absolute Gasteiger partial charge is 0.387 e. The third-order valence-electron chi connectivity index (χ3n) is 5.61. The Morgan fingerprint density at radius 1 is 1.32 bits per heavy atom. The molecular formula is C24H33ClF2N4O6. The number of nitrogens with one attached hydrogen (secondary N) is 1. The molecule has 1 saturated heterocycles. The highest BCUT2D eigenvalue weighted by Crippen LogP contribution is 2.37. The van der Waals surface area contributed by atoms with Gasteiger partial charge in [0.25, 0.3) is 11.9 Å². The van der Waals surface area contributed by atoms with Gasteiger partial charge in [0.2, 0.25) is 5.89 Å². The van der Waals surface area contributed by atoms with E-state index in [9.17, 15) is 13.6 Å². The first-order valence-electron chi connectivity index (χ1n) is 11.8. The van der Waals surface area contributed by atoms with E-state index in [0.717, 1.165) is 19.8 Å². The number of carbonyl (C=O) groups is 2. The standard InChI is InChI=1S/C22H28F2N4O4.C2H4O2.ClH/c1-12-10-26-7-8-28(12)21(29)18-19(13(2)25)32-20(27-18)15-5-6-16(31-22(23)24)17(9-15)30-11-14-3-4-14;1-2(3)4;/h5-6,9,12-14,22,26H,3-4,7-8,10-11,25H2,1-2H3;1H3,(H,3,4);1H. The van der Waals surface area contributed by atoms with Crippen molar-refractivity contribution >= 4 is 24.3 Å². The van der Waals surface area contributed by atoms with Gasteiger partial charge in [-0.15, -0.1) is 12.4 Å². The van der Waals surface area contributed by atoms with E-state index in [0.29, 0.717) is 37.7 Å². The summed E-state index contributed by atoms with van der Waals surface area (Å²) in [6.45, 7) is 4.15. The minimum Gasteiger partial charge on any atom is -0.489 e. The molecule has 1 aromatic carbocycles. The van der Waals surface area contributed by atoms with Crippen LogP contribution in [-0.2, 0) is 4.79 Å². The quantitative estimate of drug-likeness (QED) is 0.452. The van der Waals surface area contributed by atoms with Gasteiger partial charge in [-0.05, 0) is 50.8 Å². The molecule has 1 aliphatic heterocycles. The maximum absolute atomic E-state index is 13.2. The maximum atomic E-state index is 13.2. The van der Waals surface area contributed by atoms with E-state index in [1.165, 1.54) is 6.07 Å². The number of carbonyl (C=O) groups excluding carboxylic acids is 1. The molecule has 1 amide bonds. The summed E-state index contributed by atoms with van der Waals surface area (Å²) in [4.78, 5) is 28.4. The summed E-state index contributed by atoms with van der Waals surface area (Å²) in [5.41, 5.74) is 6.70. The number of carboxylic acid groups (broad SMARTS) is 1. The molecule has 4 rings (SSSR count). The first-order chi connectivity index (χ1) is 17.1. The third-order valence-corrected chi connectivity index (χ3v) is 5.61. The molecule has 2 fully saturated rings. The Morgan fingerprint density at radius 3 is 2.57 bits per heavy atom. The van der Waals surface area contributed by atoms with Crippen LogP contribution in [0.15, 0.2) is 22.6 Å². The van der Waals surface area contributed by atoms with Crippen molar-refractivity contribution in [2.45, 2.75) is 52.3 Å². The van der Waals surface area contributed by atoms with Crippen LogP contribution in [0.25, 0.3) is 11.5 Å². The molecule has 206 valence electrons. The Morgan fingerprint density at radius 2 is 2.00 bits per heavy atom. The zero-order valence-corrected chi connectivity index (χ0v) is 21.7. The number of piperazine rings is 1. The second-order valence-electron chi connectivity index (χ2n) is 8.89. The number of benzene rings is 1. The normalized spacial score (nSPS) is 17.8. The van der Waals surface area contributed by atoms with Gasteiger partial charge >= 0.3 is 6.61 Å². The first-order valence-corrected chi connectivity index (χ1v) is 11.8. The topological polar surface area (TPSA) is 140 Å². The number of ether oxygens (including phenoxy) is 2.